The summed E-state index contributed by atoms with van der Waals surface area (Å²) in [5.74, 6) is 0.776. The van der Waals surface area contributed by atoms with Crippen LogP contribution in [0.4, 0.5) is 0 Å². The largest absolute Gasteiger partial charge is 0.467 e. The normalized spacial score (nSPS) is 13.0. The minimum absolute atomic E-state index is 0.219. The molecular weight excluding hydrogens is 190 g/mol. The first-order valence-electron chi connectivity index (χ1n) is 5.03. The third kappa shape index (κ3) is 1.80. The second kappa shape index (κ2) is 3.90. The SMILES string of the molecule is CCc1nn(C)cc1C(N)c1ccco1. The van der Waals surface area contributed by atoms with Gasteiger partial charge in [-0.25, -0.2) is 0 Å². The topological polar surface area (TPSA) is 57.0 Å². The lowest BCUT2D eigenvalue weighted by Gasteiger charge is -2.07. The number of hydrogen-bond acceptors (Lipinski definition) is 3. The van der Waals surface area contributed by atoms with Gasteiger partial charge in [0.1, 0.15) is 5.76 Å². The quantitative estimate of drug-likeness (QED) is 0.828. The molecule has 2 N–H and O–H groups in total. The van der Waals surface area contributed by atoms with Crippen molar-refractivity contribution in [1.29, 1.82) is 0 Å². The summed E-state index contributed by atoms with van der Waals surface area (Å²) in [6.45, 7) is 2.07. The minimum Gasteiger partial charge on any atom is -0.467 e. The molecule has 0 bridgehead atoms. The van der Waals surface area contributed by atoms with E-state index in [2.05, 4.69) is 12.0 Å². The van der Waals surface area contributed by atoms with Crippen molar-refractivity contribution in [3.05, 3.63) is 41.6 Å². The van der Waals surface area contributed by atoms with E-state index in [-0.39, 0.29) is 6.04 Å². The zero-order chi connectivity index (χ0) is 10.8. The molecule has 4 nitrogen and oxygen atoms in total. The molecule has 1 unspecified atom stereocenters. The van der Waals surface area contributed by atoms with Gasteiger partial charge in [-0.05, 0) is 18.6 Å². The average molecular weight is 205 g/mol. The first-order chi connectivity index (χ1) is 7.22. The van der Waals surface area contributed by atoms with E-state index in [4.69, 9.17) is 10.2 Å². The van der Waals surface area contributed by atoms with Gasteiger partial charge in [0.2, 0.25) is 0 Å². The van der Waals surface area contributed by atoms with Gasteiger partial charge in [0.25, 0.3) is 0 Å². The molecule has 0 aliphatic heterocycles. The van der Waals surface area contributed by atoms with Crippen molar-refractivity contribution in [2.24, 2.45) is 12.8 Å². The Morgan fingerprint density at radius 1 is 1.60 bits per heavy atom. The van der Waals surface area contributed by atoms with Gasteiger partial charge in [-0.2, -0.15) is 5.10 Å². The summed E-state index contributed by atoms with van der Waals surface area (Å²) in [4.78, 5) is 0. The fourth-order valence-electron chi connectivity index (χ4n) is 1.71. The Morgan fingerprint density at radius 3 is 3.00 bits per heavy atom. The van der Waals surface area contributed by atoms with Crippen LogP contribution in [0.3, 0.4) is 0 Å². The van der Waals surface area contributed by atoms with Gasteiger partial charge in [0, 0.05) is 18.8 Å². The van der Waals surface area contributed by atoms with Crippen molar-refractivity contribution in [2.75, 3.05) is 0 Å². The number of aromatic nitrogens is 2. The summed E-state index contributed by atoms with van der Waals surface area (Å²) in [5.41, 5.74) is 8.17. The highest BCUT2D eigenvalue weighted by atomic mass is 16.3. The van der Waals surface area contributed by atoms with Crippen molar-refractivity contribution < 1.29 is 4.42 Å². The summed E-state index contributed by atoms with van der Waals surface area (Å²) in [6, 6.07) is 3.51. The molecule has 0 saturated heterocycles. The molecule has 0 amide bonds. The highest BCUT2D eigenvalue weighted by molar-refractivity contribution is 5.27. The number of nitrogens with zero attached hydrogens (tertiary/aromatic N) is 2. The second-order valence-corrected chi connectivity index (χ2v) is 3.55. The van der Waals surface area contributed by atoms with Crippen LogP contribution in [-0.4, -0.2) is 9.78 Å². The van der Waals surface area contributed by atoms with Gasteiger partial charge >= 0.3 is 0 Å². The lowest BCUT2D eigenvalue weighted by atomic mass is 10.1. The van der Waals surface area contributed by atoms with Crippen LogP contribution in [0.5, 0.6) is 0 Å². The number of aryl methyl sites for hydroxylation is 2. The van der Waals surface area contributed by atoms with Gasteiger partial charge in [-0.3, -0.25) is 4.68 Å². The molecular formula is C11H15N3O. The number of furan rings is 1. The maximum atomic E-state index is 6.10. The molecule has 2 rings (SSSR count). The molecule has 0 spiro atoms. The number of rotatable bonds is 3. The standard InChI is InChI=1S/C11H15N3O/c1-3-9-8(7-14(2)13-9)11(12)10-5-4-6-15-10/h4-7,11H,3,12H2,1-2H3. The Bertz CT molecular complexity index is 431. The fraction of sp³-hybridized carbons (Fsp3) is 0.364. The molecule has 2 heterocycles. The molecule has 0 aliphatic rings. The highest BCUT2D eigenvalue weighted by Gasteiger charge is 2.17. The minimum atomic E-state index is -0.219. The molecule has 0 saturated carbocycles. The van der Waals surface area contributed by atoms with E-state index in [1.165, 1.54) is 0 Å². The Kier molecular flexibility index (Phi) is 2.60. The third-order valence-electron chi connectivity index (χ3n) is 2.46. The van der Waals surface area contributed by atoms with E-state index in [0.717, 1.165) is 23.4 Å². The first kappa shape index (κ1) is 9.98. The van der Waals surface area contributed by atoms with Crippen molar-refractivity contribution >= 4 is 0 Å². The van der Waals surface area contributed by atoms with E-state index in [9.17, 15) is 0 Å². The maximum absolute atomic E-state index is 6.10. The van der Waals surface area contributed by atoms with Crippen molar-refractivity contribution in [1.82, 2.24) is 9.78 Å². The molecule has 15 heavy (non-hydrogen) atoms. The third-order valence-corrected chi connectivity index (χ3v) is 2.46. The zero-order valence-electron chi connectivity index (χ0n) is 8.97. The van der Waals surface area contributed by atoms with Crippen LogP contribution in [0.25, 0.3) is 0 Å². The van der Waals surface area contributed by atoms with E-state index in [1.807, 2.05) is 25.4 Å². The fourth-order valence-corrected chi connectivity index (χ4v) is 1.71. The first-order valence-corrected chi connectivity index (χ1v) is 5.03. The Hall–Kier alpha value is -1.55. The van der Waals surface area contributed by atoms with Crippen molar-refractivity contribution in [3.63, 3.8) is 0 Å². The Balaban J connectivity index is 2.36. The molecule has 0 aliphatic carbocycles. The summed E-state index contributed by atoms with van der Waals surface area (Å²) in [7, 11) is 1.90. The summed E-state index contributed by atoms with van der Waals surface area (Å²) < 4.78 is 7.09. The molecule has 4 heteroatoms. The van der Waals surface area contributed by atoms with Crippen LogP contribution in [0.2, 0.25) is 0 Å². The van der Waals surface area contributed by atoms with Crippen LogP contribution in [0.1, 0.15) is 30.0 Å². The highest BCUT2D eigenvalue weighted by Crippen LogP contribution is 2.22. The van der Waals surface area contributed by atoms with Gasteiger partial charge < -0.3 is 10.2 Å². The number of hydrogen-bond donors (Lipinski definition) is 1. The molecule has 2 aromatic rings. The van der Waals surface area contributed by atoms with Crippen LogP contribution < -0.4 is 5.73 Å². The van der Waals surface area contributed by atoms with Gasteiger partial charge in [0.15, 0.2) is 0 Å². The van der Waals surface area contributed by atoms with Crippen molar-refractivity contribution in [3.8, 4) is 0 Å². The molecule has 2 aromatic heterocycles. The predicted molar refractivity (Wildman–Crippen MR) is 57.3 cm³/mol. The van der Waals surface area contributed by atoms with Gasteiger partial charge in [0.05, 0.1) is 18.0 Å². The average Bonchev–Trinajstić information content (AvgIpc) is 2.84. The predicted octanol–water partition coefficient (Wildman–Crippen LogP) is 1.62. The lowest BCUT2D eigenvalue weighted by molar-refractivity contribution is 0.489. The lowest BCUT2D eigenvalue weighted by Crippen LogP contribution is -2.12. The van der Waals surface area contributed by atoms with Crippen LogP contribution in [0, 0.1) is 0 Å². The van der Waals surface area contributed by atoms with E-state index < -0.39 is 0 Å². The number of nitrogens with two attached hydrogens (primary N) is 1. The monoisotopic (exact) mass is 205 g/mol. The summed E-state index contributed by atoms with van der Waals surface area (Å²) in [6.07, 6.45) is 4.47. The van der Waals surface area contributed by atoms with Crippen LogP contribution in [-0.2, 0) is 13.5 Å². The summed E-state index contributed by atoms with van der Waals surface area (Å²) >= 11 is 0. The van der Waals surface area contributed by atoms with Gasteiger partial charge in [-0.15, -0.1) is 0 Å². The molecule has 80 valence electrons. The van der Waals surface area contributed by atoms with E-state index in [0.29, 0.717) is 0 Å². The summed E-state index contributed by atoms with van der Waals surface area (Å²) in [5, 5.41) is 4.36. The van der Waals surface area contributed by atoms with Crippen LogP contribution in [0.15, 0.2) is 29.0 Å². The molecule has 0 radical (unpaired) electrons. The van der Waals surface area contributed by atoms with E-state index in [1.54, 1.807) is 10.9 Å². The second-order valence-electron chi connectivity index (χ2n) is 3.55. The molecule has 0 aromatic carbocycles. The van der Waals surface area contributed by atoms with E-state index >= 15 is 0 Å². The zero-order valence-corrected chi connectivity index (χ0v) is 8.97. The molecule has 0 fully saturated rings. The van der Waals surface area contributed by atoms with Crippen molar-refractivity contribution in [2.45, 2.75) is 19.4 Å². The molecule has 1 atom stereocenters. The van der Waals surface area contributed by atoms with Crippen LogP contribution >= 0.6 is 0 Å². The smallest absolute Gasteiger partial charge is 0.125 e. The Labute approximate surface area is 88.7 Å². The maximum Gasteiger partial charge on any atom is 0.125 e. The Morgan fingerprint density at radius 2 is 2.40 bits per heavy atom. The van der Waals surface area contributed by atoms with Gasteiger partial charge in [-0.1, -0.05) is 6.92 Å².